The van der Waals surface area contributed by atoms with Crippen molar-refractivity contribution in [3.8, 4) is 11.5 Å². The fourth-order valence-corrected chi connectivity index (χ4v) is 4.07. The molecule has 1 saturated heterocycles. The highest BCUT2D eigenvalue weighted by Gasteiger charge is 2.42. The molecule has 12 heteroatoms. The summed E-state index contributed by atoms with van der Waals surface area (Å²) >= 11 is 0. The number of methoxy groups -OCH3 is 1. The third kappa shape index (κ3) is 8.52. The third-order valence-electron chi connectivity index (χ3n) is 6.58. The predicted molar refractivity (Wildman–Crippen MR) is 152 cm³/mol. The Balaban J connectivity index is 1.91. The molecule has 1 aliphatic rings. The number of cyclic esters (lactones) is 2. The zero-order valence-corrected chi connectivity index (χ0v) is 25.4. The number of nitrogens with one attached hydrogen (secondary N) is 1. The van der Waals surface area contributed by atoms with Crippen LogP contribution in [-0.2, 0) is 39.8 Å². The first kappa shape index (κ1) is 33.0. The van der Waals surface area contributed by atoms with Gasteiger partial charge in [0.25, 0.3) is 5.91 Å². The molecule has 4 unspecified atom stereocenters. The first-order valence-electron chi connectivity index (χ1n) is 13.9. The maximum absolute atomic E-state index is 13.4. The standard InChI is InChI=1S/C31H38N2O10/c1-17(2)27(35)42-24-18(3)41-29(37)21(16-40-28(36)20(24)15-19-11-9-8-10-12-19)33-26(34)23-25(22(39-7)13-14-32-23)43-30(38)31(4,5)6/h8-14,17-18,20-21,24H,15-16H2,1-7H3,(H,33,34). The van der Waals surface area contributed by atoms with Gasteiger partial charge in [0.15, 0.2) is 23.6 Å². The Morgan fingerprint density at radius 3 is 2.35 bits per heavy atom. The van der Waals surface area contributed by atoms with Crippen LogP contribution >= 0.6 is 0 Å². The first-order valence-corrected chi connectivity index (χ1v) is 13.9. The third-order valence-corrected chi connectivity index (χ3v) is 6.58. The molecule has 2 aromatic rings. The lowest BCUT2D eigenvalue weighted by Gasteiger charge is -2.29. The minimum Gasteiger partial charge on any atom is -0.493 e. The summed E-state index contributed by atoms with van der Waals surface area (Å²) in [6, 6.07) is 9.00. The highest BCUT2D eigenvalue weighted by molar-refractivity contribution is 5.99. The fraction of sp³-hybridized carbons (Fsp3) is 0.484. The number of carbonyl (C=O) groups excluding carboxylic acids is 5. The molecule has 1 aromatic heterocycles. The molecule has 0 bridgehead atoms. The quantitative estimate of drug-likeness (QED) is 0.352. The Hall–Kier alpha value is -4.48. The van der Waals surface area contributed by atoms with E-state index in [1.54, 1.807) is 46.8 Å². The van der Waals surface area contributed by atoms with Gasteiger partial charge in [-0.3, -0.25) is 19.2 Å². The molecule has 1 aromatic carbocycles. The second-order valence-electron chi connectivity index (χ2n) is 11.5. The van der Waals surface area contributed by atoms with Gasteiger partial charge in [-0.2, -0.15) is 0 Å². The van der Waals surface area contributed by atoms with E-state index in [1.165, 1.54) is 26.3 Å². The topological polar surface area (TPSA) is 156 Å². The van der Waals surface area contributed by atoms with Crippen LogP contribution in [0.25, 0.3) is 0 Å². The SMILES string of the molecule is COc1ccnc(C(=O)NC2COC(=O)C(Cc3ccccc3)C(OC(=O)C(C)C)C(C)OC2=O)c1OC(=O)C(C)(C)C. The van der Waals surface area contributed by atoms with Gasteiger partial charge in [-0.05, 0) is 39.7 Å². The van der Waals surface area contributed by atoms with Crippen LogP contribution in [-0.4, -0.2) is 66.7 Å². The Kier molecular flexibility index (Phi) is 10.8. The highest BCUT2D eigenvalue weighted by atomic mass is 16.6. The van der Waals surface area contributed by atoms with Crippen molar-refractivity contribution in [1.82, 2.24) is 10.3 Å². The molecule has 2 heterocycles. The number of ether oxygens (including phenoxy) is 5. The Labute approximate surface area is 250 Å². The number of esters is 4. The molecule has 1 fully saturated rings. The molecule has 12 nitrogen and oxygen atoms in total. The minimum atomic E-state index is -1.46. The summed E-state index contributed by atoms with van der Waals surface area (Å²) in [5.74, 6) is -5.51. The summed E-state index contributed by atoms with van der Waals surface area (Å²) < 4.78 is 27.5. The van der Waals surface area contributed by atoms with Gasteiger partial charge in [-0.1, -0.05) is 44.2 Å². The van der Waals surface area contributed by atoms with Crippen molar-refractivity contribution in [2.45, 2.75) is 66.2 Å². The summed E-state index contributed by atoms with van der Waals surface area (Å²) in [6.45, 7) is 9.12. The number of amides is 1. The predicted octanol–water partition coefficient (Wildman–Crippen LogP) is 3.06. The summed E-state index contributed by atoms with van der Waals surface area (Å²) in [4.78, 5) is 69.3. The lowest BCUT2D eigenvalue weighted by molar-refractivity contribution is -0.176. The second kappa shape index (κ2) is 14.1. The molecular weight excluding hydrogens is 560 g/mol. The molecule has 0 saturated carbocycles. The highest BCUT2D eigenvalue weighted by Crippen LogP contribution is 2.32. The molecule has 232 valence electrons. The molecule has 0 radical (unpaired) electrons. The minimum absolute atomic E-state index is 0.0633. The zero-order chi connectivity index (χ0) is 31.9. The number of hydrogen-bond acceptors (Lipinski definition) is 11. The smallest absolute Gasteiger partial charge is 0.332 e. The number of pyridine rings is 1. The largest absolute Gasteiger partial charge is 0.493 e. The van der Waals surface area contributed by atoms with E-state index in [-0.39, 0.29) is 23.6 Å². The van der Waals surface area contributed by atoms with Gasteiger partial charge in [0.05, 0.1) is 18.4 Å². The van der Waals surface area contributed by atoms with Crippen molar-refractivity contribution in [2.75, 3.05) is 13.7 Å². The lowest BCUT2D eigenvalue weighted by Crippen LogP contribution is -2.47. The van der Waals surface area contributed by atoms with Crippen LogP contribution in [0.15, 0.2) is 42.6 Å². The normalized spacial score (nSPS) is 20.9. The van der Waals surface area contributed by atoms with Crippen LogP contribution in [0.1, 0.15) is 57.6 Å². The molecule has 3 rings (SSSR count). The Morgan fingerprint density at radius 2 is 1.74 bits per heavy atom. The maximum Gasteiger partial charge on any atom is 0.332 e. The van der Waals surface area contributed by atoms with Gasteiger partial charge in [0.1, 0.15) is 18.6 Å². The monoisotopic (exact) mass is 598 g/mol. The molecule has 0 aliphatic carbocycles. The van der Waals surface area contributed by atoms with E-state index in [9.17, 15) is 24.0 Å². The van der Waals surface area contributed by atoms with Crippen molar-refractivity contribution >= 4 is 29.8 Å². The van der Waals surface area contributed by atoms with Crippen molar-refractivity contribution in [1.29, 1.82) is 0 Å². The van der Waals surface area contributed by atoms with Crippen LogP contribution in [0.2, 0.25) is 0 Å². The van der Waals surface area contributed by atoms with E-state index in [4.69, 9.17) is 23.7 Å². The summed E-state index contributed by atoms with van der Waals surface area (Å²) in [7, 11) is 1.33. The number of aromatic nitrogens is 1. The van der Waals surface area contributed by atoms with Crippen molar-refractivity contribution in [3.05, 3.63) is 53.9 Å². The van der Waals surface area contributed by atoms with E-state index in [0.29, 0.717) is 0 Å². The van der Waals surface area contributed by atoms with Crippen LogP contribution in [0.3, 0.4) is 0 Å². The van der Waals surface area contributed by atoms with Gasteiger partial charge < -0.3 is 29.0 Å². The van der Waals surface area contributed by atoms with Crippen LogP contribution < -0.4 is 14.8 Å². The van der Waals surface area contributed by atoms with Crippen LogP contribution in [0, 0.1) is 17.3 Å². The maximum atomic E-state index is 13.4. The number of rotatable bonds is 8. The van der Waals surface area contributed by atoms with E-state index in [0.717, 1.165) is 5.56 Å². The zero-order valence-electron chi connectivity index (χ0n) is 25.4. The number of hydrogen-bond donors (Lipinski definition) is 1. The van der Waals surface area contributed by atoms with Crippen LogP contribution in [0.5, 0.6) is 11.5 Å². The average molecular weight is 599 g/mol. The van der Waals surface area contributed by atoms with E-state index in [1.807, 2.05) is 18.2 Å². The molecule has 1 amide bonds. The molecule has 43 heavy (non-hydrogen) atoms. The van der Waals surface area contributed by atoms with Gasteiger partial charge in [0.2, 0.25) is 5.75 Å². The second-order valence-corrected chi connectivity index (χ2v) is 11.5. The Bertz CT molecular complexity index is 1340. The number of nitrogens with zero attached hydrogens (tertiary/aromatic N) is 1. The molecule has 1 aliphatic heterocycles. The van der Waals surface area contributed by atoms with Crippen LogP contribution in [0.4, 0.5) is 0 Å². The van der Waals surface area contributed by atoms with Gasteiger partial charge >= 0.3 is 23.9 Å². The fourth-order valence-electron chi connectivity index (χ4n) is 4.07. The number of carbonyl (C=O) groups is 5. The molecule has 1 N–H and O–H groups in total. The van der Waals surface area contributed by atoms with Gasteiger partial charge in [-0.25, -0.2) is 9.78 Å². The van der Waals surface area contributed by atoms with E-state index >= 15 is 0 Å². The Morgan fingerprint density at radius 1 is 1.07 bits per heavy atom. The summed E-state index contributed by atoms with van der Waals surface area (Å²) in [5.41, 5.74) is -0.472. The van der Waals surface area contributed by atoms with E-state index in [2.05, 4.69) is 10.3 Å². The first-order chi connectivity index (χ1) is 20.2. The molecule has 4 atom stereocenters. The summed E-state index contributed by atoms with van der Waals surface area (Å²) in [5, 5.41) is 2.46. The van der Waals surface area contributed by atoms with Crippen molar-refractivity contribution < 1.29 is 47.7 Å². The van der Waals surface area contributed by atoms with E-state index < -0.39 is 71.9 Å². The van der Waals surface area contributed by atoms with Crippen molar-refractivity contribution in [3.63, 3.8) is 0 Å². The lowest BCUT2D eigenvalue weighted by atomic mass is 9.91. The number of benzene rings is 1. The average Bonchev–Trinajstić information content (AvgIpc) is 2.99. The summed E-state index contributed by atoms with van der Waals surface area (Å²) in [6.07, 6.45) is -0.824. The molecule has 0 spiro atoms. The molecular formula is C31H38N2O10. The van der Waals surface area contributed by atoms with Gasteiger partial charge in [-0.15, -0.1) is 0 Å². The van der Waals surface area contributed by atoms with Gasteiger partial charge in [0, 0.05) is 12.3 Å². The van der Waals surface area contributed by atoms with Crippen molar-refractivity contribution in [2.24, 2.45) is 17.3 Å².